The average molecular weight is 260 g/mol. The second kappa shape index (κ2) is 6.75. The van der Waals surface area contributed by atoms with E-state index in [1.54, 1.807) is 0 Å². The highest BCUT2D eigenvalue weighted by atomic mass is 32.2. The zero-order valence-corrected chi connectivity index (χ0v) is 11.3. The molecule has 1 N–H and O–H groups in total. The Kier molecular flexibility index (Phi) is 5.62. The van der Waals surface area contributed by atoms with Gasteiger partial charge in [-0.15, -0.1) is 0 Å². The molecule has 0 aliphatic heterocycles. The lowest BCUT2D eigenvalue weighted by Gasteiger charge is -1.99. The summed E-state index contributed by atoms with van der Waals surface area (Å²) in [5, 5.41) is 4.00. The van der Waals surface area contributed by atoms with E-state index in [4.69, 9.17) is 0 Å². The smallest absolute Gasteiger partial charge is 0.350 e. The van der Waals surface area contributed by atoms with Crippen LogP contribution in [0.1, 0.15) is 21.8 Å². The van der Waals surface area contributed by atoms with Crippen LogP contribution in [0.25, 0.3) is 0 Å². The lowest BCUT2D eigenvalue weighted by atomic mass is 10.4. The Morgan fingerprint density at radius 3 is 3.00 bits per heavy atom. The lowest BCUT2D eigenvalue weighted by molar-refractivity contribution is 0.0605. The number of carbonyl (C=O) groups excluding carboxylic acids is 1. The second-order valence-corrected chi connectivity index (χ2v) is 5.18. The van der Waals surface area contributed by atoms with Crippen molar-refractivity contribution in [1.29, 1.82) is 0 Å². The molecule has 0 spiro atoms. The fourth-order valence-corrected chi connectivity index (χ4v) is 2.51. The number of esters is 1. The van der Waals surface area contributed by atoms with Gasteiger partial charge in [0.25, 0.3) is 0 Å². The highest BCUT2D eigenvalue weighted by molar-refractivity contribution is 7.98. The summed E-state index contributed by atoms with van der Waals surface area (Å²) >= 11 is 3.17. The van der Waals surface area contributed by atoms with Crippen molar-refractivity contribution in [2.75, 3.05) is 31.0 Å². The van der Waals surface area contributed by atoms with Crippen LogP contribution in [0.5, 0.6) is 0 Å². The molecule has 1 aromatic heterocycles. The average Bonchev–Trinajstić information content (AvgIpc) is 2.65. The number of thioether (sulfide) groups is 1. The van der Waals surface area contributed by atoms with Gasteiger partial charge in [0.1, 0.15) is 4.88 Å². The van der Waals surface area contributed by atoms with Crippen LogP contribution < -0.4 is 5.32 Å². The van der Waals surface area contributed by atoms with Crippen LogP contribution >= 0.6 is 23.1 Å². The molecular formula is C10H16N2O2S2. The van der Waals surface area contributed by atoms with Crippen LogP contribution in [0.15, 0.2) is 0 Å². The van der Waals surface area contributed by atoms with Crippen molar-refractivity contribution in [2.24, 2.45) is 0 Å². The lowest BCUT2D eigenvalue weighted by Crippen LogP contribution is -2.01. The first kappa shape index (κ1) is 13.3. The van der Waals surface area contributed by atoms with E-state index in [-0.39, 0.29) is 5.97 Å². The van der Waals surface area contributed by atoms with Crippen LogP contribution in [0.3, 0.4) is 0 Å². The molecule has 4 nitrogen and oxygen atoms in total. The summed E-state index contributed by atoms with van der Waals surface area (Å²) < 4.78 is 4.67. The minimum absolute atomic E-state index is 0.313. The number of aryl methyl sites for hydroxylation is 1. The molecule has 0 aliphatic carbocycles. The minimum Gasteiger partial charge on any atom is -0.465 e. The molecule has 1 aromatic rings. The van der Waals surface area contributed by atoms with Gasteiger partial charge in [-0.3, -0.25) is 0 Å². The molecule has 0 bridgehead atoms. The van der Waals surface area contributed by atoms with E-state index in [0.717, 1.165) is 29.5 Å². The molecule has 0 radical (unpaired) electrons. The number of anilines is 1. The largest absolute Gasteiger partial charge is 0.465 e. The summed E-state index contributed by atoms with van der Waals surface area (Å²) in [6.07, 6.45) is 3.18. The molecule has 1 heterocycles. The molecule has 0 unspecified atom stereocenters. The Morgan fingerprint density at radius 2 is 2.38 bits per heavy atom. The molecule has 1 rings (SSSR count). The standard InChI is InChI=1S/C10H16N2O2S2/c1-7-8(9(13)14-2)16-10(12-7)11-5-4-6-15-3/h4-6H2,1-3H3,(H,11,12). The van der Waals surface area contributed by atoms with Crippen LogP contribution in [0.4, 0.5) is 5.13 Å². The zero-order chi connectivity index (χ0) is 12.0. The number of hydrogen-bond acceptors (Lipinski definition) is 6. The summed E-state index contributed by atoms with van der Waals surface area (Å²) in [6.45, 7) is 2.70. The molecule has 0 amide bonds. The summed E-state index contributed by atoms with van der Waals surface area (Å²) in [5.74, 6) is 0.813. The number of aromatic nitrogens is 1. The quantitative estimate of drug-likeness (QED) is 0.629. The van der Waals surface area contributed by atoms with E-state index in [9.17, 15) is 4.79 Å². The maximum atomic E-state index is 11.3. The van der Waals surface area contributed by atoms with Crippen molar-refractivity contribution in [3.63, 3.8) is 0 Å². The number of carbonyl (C=O) groups is 1. The first-order chi connectivity index (χ1) is 7.69. The molecular weight excluding hydrogens is 244 g/mol. The summed E-state index contributed by atoms with van der Waals surface area (Å²) in [4.78, 5) is 16.2. The van der Waals surface area contributed by atoms with Gasteiger partial charge in [0.2, 0.25) is 0 Å². The highest BCUT2D eigenvalue weighted by Crippen LogP contribution is 2.23. The van der Waals surface area contributed by atoms with Crippen molar-refractivity contribution < 1.29 is 9.53 Å². The molecule has 0 aromatic carbocycles. The maximum Gasteiger partial charge on any atom is 0.350 e. The second-order valence-electron chi connectivity index (χ2n) is 3.20. The van der Waals surface area contributed by atoms with Gasteiger partial charge in [-0.2, -0.15) is 11.8 Å². The van der Waals surface area contributed by atoms with E-state index >= 15 is 0 Å². The summed E-state index contributed by atoms with van der Waals surface area (Å²) in [7, 11) is 1.38. The topological polar surface area (TPSA) is 51.2 Å². The molecule has 0 saturated carbocycles. The van der Waals surface area contributed by atoms with Crippen molar-refractivity contribution in [2.45, 2.75) is 13.3 Å². The SMILES string of the molecule is COC(=O)c1sc(NCCCSC)nc1C. The zero-order valence-electron chi connectivity index (χ0n) is 9.70. The fourth-order valence-electron chi connectivity index (χ4n) is 1.17. The molecule has 0 fully saturated rings. The normalized spacial score (nSPS) is 10.2. The van der Waals surface area contributed by atoms with Crippen molar-refractivity contribution in [3.05, 3.63) is 10.6 Å². The number of nitrogens with zero attached hydrogens (tertiary/aromatic N) is 1. The molecule has 0 aliphatic rings. The Morgan fingerprint density at radius 1 is 1.62 bits per heavy atom. The van der Waals surface area contributed by atoms with Gasteiger partial charge < -0.3 is 10.1 Å². The third-order valence-corrected chi connectivity index (χ3v) is 3.76. The van der Waals surface area contributed by atoms with Crippen molar-refractivity contribution >= 4 is 34.2 Å². The van der Waals surface area contributed by atoms with Gasteiger partial charge in [0.15, 0.2) is 5.13 Å². The van der Waals surface area contributed by atoms with E-state index < -0.39 is 0 Å². The Hall–Kier alpha value is -0.750. The molecule has 90 valence electrons. The number of ether oxygens (including phenoxy) is 1. The van der Waals surface area contributed by atoms with E-state index in [1.807, 2.05) is 18.7 Å². The van der Waals surface area contributed by atoms with Gasteiger partial charge >= 0.3 is 5.97 Å². The Balaban J connectivity index is 2.52. The number of methoxy groups -OCH3 is 1. The summed E-state index contributed by atoms with van der Waals surface area (Å²) in [5.41, 5.74) is 0.726. The predicted octanol–water partition coefficient (Wildman–Crippen LogP) is 2.40. The van der Waals surface area contributed by atoms with E-state index in [1.165, 1.54) is 18.4 Å². The first-order valence-electron chi connectivity index (χ1n) is 4.97. The minimum atomic E-state index is -0.313. The Labute approximate surface area is 104 Å². The van der Waals surface area contributed by atoms with E-state index in [2.05, 4.69) is 21.3 Å². The van der Waals surface area contributed by atoms with Crippen LogP contribution in [-0.4, -0.2) is 36.6 Å². The van der Waals surface area contributed by atoms with Crippen molar-refractivity contribution in [3.8, 4) is 0 Å². The molecule has 0 saturated heterocycles. The van der Waals surface area contributed by atoms with Gasteiger partial charge in [-0.1, -0.05) is 11.3 Å². The first-order valence-corrected chi connectivity index (χ1v) is 7.18. The van der Waals surface area contributed by atoms with Crippen LogP contribution in [0.2, 0.25) is 0 Å². The van der Waals surface area contributed by atoms with Crippen LogP contribution in [-0.2, 0) is 4.74 Å². The fraction of sp³-hybridized carbons (Fsp3) is 0.600. The predicted molar refractivity (Wildman–Crippen MR) is 69.7 cm³/mol. The van der Waals surface area contributed by atoms with E-state index in [0.29, 0.717) is 4.88 Å². The van der Waals surface area contributed by atoms with Gasteiger partial charge in [-0.25, -0.2) is 9.78 Å². The number of thiazole rings is 1. The number of nitrogens with one attached hydrogen (secondary N) is 1. The van der Waals surface area contributed by atoms with Gasteiger partial charge in [-0.05, 0) is 25.4 Å². The number of hydrogen-bond donors (Lipinski definition) is 1. The third-order valence-electron chi connectivity index (χ3n) is 1.97. The molecule has 0 atom stereocenters. The maximum absolute atomic E-state index is 11.3. The Bertz CT molecular complexity index is 353. The summed E-state index contributed by atoms with van der Waals surface area (Å²) in [6, 6.07) is 0. The third kappa shape index (κ3) is 3.68. The monoisotopic (exact) mass is 260 g/mol. The molecule has 6 heteroatoms. The van der Waals surface area contributed by atoms with Gasteiger partial charge in [0, 0.05) is 6.54 Å². The molecule has 16 heavy (non-hydrogen) atoms. The van der Waals surface area contributed by atoms with Gasteiger partial charge in [0.05, 0.1) is 12.8 Å². The van der Waals surface area contributed by atoms with Crippen molar-refractivity contribution in [1.82, 2.24) is 4.98 Å². The highest BCUT2D eigenvalue weighted by Gasteiger charge is 2.14. The van der Waals surface area contributed by atoms with Crippen LogP contribution in [0, 0.1) is 6.92 Å². The number of rotatable bonds is 6.